The van der Waals surface area contributed by atoms with E-state index in [0.29, 0.717) is 53.8 Å². The van der Waals surface area contributed by atoms with E-state index in [1.165, 1.54) is 5.57 Å². The Bertz CT molecular complexity index is 2040. The Hall–Kier alpha value is -4.44. The lowest BCUT2D eigenvalue weighted by Gasteiger charge is -2.56. The van der Waals surface area contributed by atoms with Gasteiger partial charge < -0.3 is 29.7 Å². The zero-order valence-electron chi connectivity index (χ0n) is 37.2. The van der Waals surface area contributed by atoms with Gasteiger partial charge in [-0.1, -0.05) is 80.4 Å². The number of phenols is 1. The molecule has 3 aliphatic carbocycles. The van der Waals surface area contributed by atoms with Crippen LogP contribution in [0.15, 0.2) is 52.7 Å². The Labute approximate surface area is 356 Å². The summed E-state index contributed by atoms with van der Waals surface area (Å²) < 4.78 is 21.1. The molecule has 4 bridgehead atoms. The van der Waals surface area contributed by atoms with Crippen LogP contribution in [0.4, 0.5) is 0 Å². The van der Waals surface area contributed by atoms with Crippen molar-refractivity contribution in [2.24, 2.45) is 11.8 Å². The van der Waals surface area contributed by atoms with Crippen molar-refractivity contribution in [2.45, 2.75) is 174 Å². The average molecular weight is 826 g/mol. The number of fused-ring (bicyclic) bond motifs is 2. The number of phenolic OH excluding ortho intramolecular Hbond substituents is 1. The number of hydrogen-bond acceptors (Lipinski definition) is 8. The second-order valence-corrected chi connectivity index (χ2v) is 19.0. The van der Waals surface area contributed by atoms with Crippen LogP contribution in [0.1, 0.15) is 167 Å². The zero-order valence-corrected chi connectivity index (χ0v) is 37.2. The molecule has 6 aliphatic rings. The molecule has 7 rings (SSSR count). The second kappa shape index (κ2) is 17.9. The van der Waals surface area contributed by atoms with Crippen LogP contribution in [0.2, 0.25) is 0 Å². The third kappa shape index (κ3) is 8.55. The summed E-state index contributed by atoms with van der Waals surface area (Å²) in [4.78, 5) is 53.8. The van der Waals surface area contributed by atoms with E-state index in [0.717, 1.165) is 69.8 Å². The number of ether oxygens (including phenoxy) is 3. The molecule has 1 saturated carbocycles. The minimum Gasteiger partial charge on any atom is -0.506 e. The van der Waals surface area contributed by atoms with Crippen molar-refractivity contribution in [3.63, 3.8) is 0 Å². The number of nitrogens with one attached hydrogen (secondary N) is 1. The van der Waals surface area contributed by atoms with Gasteiger partial charge in [-0.05, 0) is 106 Å². The number of aromatic hydroxyl groups is 1. The number of unbranched alkanes of at least 4 members (excludes halogenated alkanes) is 8. The third-order valence-corrected chi connectivity index (χ3v) is 13.4. The maximum Gasteiger partial charge on any atom is 0.303 e. The van der Waals surface area contributed by atoms with Crippen LogP contribution in [0.25, 0.3) is 6.08 Å². The number of amides is 1. The first-order valence-electron chi connectivity index (χ1n) is 22.3. The Morgan fingerprint density at radius 1 is 0.867 bits per heavy atom. The molecule has 326 valence electrons. The molecule has 5 unspecified atom stereocenters. The van der Waals surface area contributed by atoms with Gasteiger partial charge in [-0.3, -0.25) is 19.2 Å². The highest BCUT2D eigenvalue weighted by molar-refractivity contribution is 6.19. The van der Waals surface area contributed by atoms with Crippen LogP contribution in [-0.4, -0.2) is 62.6 Å². The number of benzene rings is 1. The van der Waals surface area contributed by atoms with E-state index in [-0.39, 0.29) is 53.3 Å². The molecule has 2 fully saturated rings. The largest absolute Gasteiger partial charge is 0.506 e. The standard InChI is InChI=1S/C50H67NO9/c1-31(2)19-18-25-48(8)26-24-35-41(54)40-42(55)37-29-34-30-38-47(6,7)60-49(45(34)56,50(37,38)59-44(40)36(43(35)58-48)22-21-32(3)4)27-23-33(5)46(57)51-28-17-15-13-11-9-10-12-14-16-20-39(52)53/h19,21,23-24,26,29,34,38,54H,9-18,20,22,25,27-28,30H2,1-8H3,(H,51,57)(H,52,53). The van der Waals surface area contributed by atoms with Crippen molar-refractivity contribution in [1.82, 2.24) is 5.32 Å². The number of rotatable bonds is 20. The number of Topliss-reactive ketones (excluding diaryl/α,β-unsaturated/α-hetero) is 2. The van der Waals surface area contributed by atoms with Gasteiger partial charge in [0.25, 0.3) is 0 Å². The Kier molecular flexibility index (Phi) is 13.4. The zero-order chi connectivity index (χ0) is 43.6. The predicted octanol–water partition coefficient (Wildman–Crippen LogP) is 10.3. The number of aliphatic carboxylic acids is 1. The molecule has 60 heavy (non-hydrogen) atoms. The summed E-state index contributed by atoms with van der Waals surface area (Å²) in [6.07, 6.45) is 23.2. The summed E-state index contributed by atoms with van der Waals surface area (Å²) in [6, 6.07) is 0. The second-order valence-electron chi connectivity index (χ2n) is 19.0. The van der Waals surface area contributed by atoms with Gasteiger partial charge in [0.15, 0.2) is 22.8 Å². The molecule has 1 saturated heterocycles. The smallest absolute Gasteiger partial charge is 0.303 e. The van der Waals surface area contributed by atoms with Gasteiger partial charge in [0.05, 0.1) is 11.2 Å². The maximum absolute atomic E-state index is 15.0. The quantitative estimate of drug-likeness (QED) is 0.0664. The van der Waals surface area contributed by atoms with Crippen molar-refractivity contribution >= 4 is 29.5 Å². The molecule has 0 radical (unpaired) electrons. The number of carboxylic acids is 1. The summed E-state index contributed by atoms with van der Waals surface area (Å²) in [5, 5.41) is 23.8. The highest BCUT2D eigenvalue weighted by Crippen LogP contribution is 2.68. The molecule has 1 aromatic rings. The fraction of sp³-hybridized carbons (Fsp3) is 0.600. The summed E-state index contributed by atoms with van der Waals surface area (Å²) in [6.45, 7) is 16.4. The molecule has 3 N–H and O–H groups in total. The van der Waals surface area contributed by atoms with Gasteiger partial charge in [-0.15, -0.1) is 0 Å². The van der Waals surface area contributed by atoms with E-state index in [4.69, 9.17) is 19.3 Å². The fourth-order valence-electron chi connectivity index (χ4n) is 10.2. The van der Waals surface area contributed by atoms with Crippen molar-refractivity contribution in [2.75, 3.05) is 6.54 Å². The lowest BCUT2D eigenvalue weighted by atomic mass is 9.51. The molecule has 5 atom stereocenters. The topological polar surface area (TPSA) is 148 Å². The van der Waals surface area contributed by atoms with Crippen LogP contribution >= 0.6 is 0 Å². The summed E-state index contributed by atoms with van der Waals surface area (Å²) >= 11 is 0. The lowest BCUT2D eigenvalue weighted by Crippen LogP contribution is -2.72. The molecule has 10 nitrogen and oxygen atoms in total. The first-order chi connectivity index (χ1) is 28.4. The number of allylic oxidation sites excluding steroid dienone is 5. The third-order valence-electron chi connectivity index (χ3n) is 13.4. The first kappa shape index (κ1) is 45.1. The van der Waals surface area contributed by atoms with Crippen LogP contribution in [-0.2, 0) is 25.5 Å². The Morgan fingerprint density at radius 2 is 1.52 bits per heavy atom. The predicted molar refractivity (Wildman–Crippen MR) is 233 cm³/mol. The van der Waals surface area contributed by atoms with Crippen LogP contribution in [0, 0.1) is 11.8 Å². The van der Waals surface area contributed by atoms with Gasteiger partial charge in [0.2, 0.25) is 5.91 Å². The lowest BCUT2D eigenvalue weighted by molar-refractivity contribution is -0.171. The van der Waals surface area contributed by atoms with Crippen LogP contribution in [0.3, 0.4) is 0 Å². The van der Waals surface area contributed by atoms with Gasteiger partial charge >= 0.3 is 5.97 Å². The molecule has 3 heterocycles. The molecule has 0 aromatic heterocycles. The number of carbonyl (C=O) groups is 4. The van der Waals surface area contributed by atoms with E-state index in [9.17, 15) is 19.5 Å². The normalized spacial score (nSPS) is 26.6. The Morgan fingerprint density at radius 3 is 2.17 bits per heavy atom. The van der Waals surface area contributed by atoms with E-state index in [2.05, 4.69) is 31.3 Å². The van der Waals surface area contributed by atoms with E-state index in [1.807, 2.05) is 46.8 Å². The number of carboxylic acid groups (broad SMARTS) is 1. The van der Waals surface area contributed by atoms with Gasteiger partial charge in [-0.25, -0.2) is 0 Å². The number of carbonyl (C=O) groups excluding carboxylic acids is 3. The van der Waals surface area contributed by atoms with Gasteiger partial charge in [0, 0.05) is 47.9 Å². The summed E-state index contributed by atoms with van der Waals surface area (Å²) in [5.41, 5.74) is -0.363. The van der Waals surface area contributed by atoms with Crippen molar-refractivity contribution in [3.05, 3.63) is 69.4 Å². The highest BCUT2D eigenvalue weighted by atomic mass is 16.6. The Balaban J connectivity index is 1.25. The highest BCUT2D eigenvalue weighted by Gasteiger charge is 2.81. The molecule has 1 amide bonds. The van der Waals surface area contributed by atoms with Gasteiger partial charge in [0.1, 0.15) is 28.4 Å². The molecular weight excluding hydrogens is 759 g/mol. The summed E-state index contributed by atoms with van der Waals surface area (Å²) in [7, 11) is 0. The molecule has 3 aliphatic heterocycles. The molecular formula is C50H67NO9. The van der Waals surface area contributed by atoms with E-state index in [1.54, 1.807) is 19.1 Å². The fourth-order valence-corrected chi connectivity index (χ4v) is 10.2. The number of ketones is 2. The summed E-state index contributed by atoms with van der Waals surface area (Å²) in [5.74, 6) is -1.92. The molecule has 10 heteroatoms. The molecule has 1 spiro atoms. The monoisotopic (exact) mass is 825 g/mol. The number of hydrogen-bond donors (Lipinski definition) is 3. The first-order valence-corrected chi connectivity index (χ1v) is 22.3. The van der Waals surface area contributed by atoms with Gasteiger partial charge in [-0.2, -0.15) is 0 Å². The van der Waals surface area contributed by atoms with Crippen LogP contribution < -0.4 is 14.8 Å². The minimum absolute atomic E-state index is 0.0413. The van der Waals surface area contributed by atoms with Crippen molar-refractivity contribution < 1.29 is 43.6 Å². The van der Waals surface area contributed by atoms with E-state index >= 15 is 4.79 Å². The van der Waals surface area contributed by atoms with E-state index < -0.39 is 34.3 Å². The molecule has 1 aromatic carbocycles. The SMILES string of the molecule is CC(C)=CCCC1(C)C=Cc2c(O)c3c(c(CC=C(C)C)c2O1)OC12C(=CC4CC1C(C)(C)OC2(CC=C(C)C(=O)NCCCCCCCCCCCC(=O)O)C4=O)C3=O. The maximum atomic E-state index is 15.0. The average Bonchev–Trinajstić information content (AvgIpc) is 3.33. The van der Waals surface area contributed by atoms with Crippen molar-refractivity contribution in [3.8, 4) is 17.2 Å². The minimum atomic E-state index is -1.59. The van der Waals surface area contributed by atoms with Crippen molar-refractivity contribution in [1.29, 1.82) is 0 Å². The van der Waals surface area contributed by atoms with Crippen LogP contribution in [0.5, 0.6) is 17.2 Å².